The van der Waals surface area contributed by atoms with E-state index in [0.717, 1.165) is 6.42 Å². The van der Waals surface area contributed by atoms with Gasteiger partial charge < -0.3 is 0 Å². The molecule has 0 saturated carbocycles. The van der Waals surface area contributed by atoms with Gasteiger partial charge in [0.2, 0.25) is 0 Å². The van der Waals surface area contributed by atoms with Crippen LogP contribution < -0.4 is 0 Å². The van der Waals surface area contributed by atoms with Crippen molar-refractivity contribution < 1.29 is 0 Å². The largest absolute Gasteiger partial charge is 0.103 e. The molecular formula is C18H22. The van der Waals surface area contributed by atoms with Crippen molar-refractivity contribution in [1.29, 1.82) is 0 Å². The van der Waals surface area contributed by atoms with Crippen molar-refractivity contribution in [3.63, 3.8) is 0 Å². The number of hydrogen-bond acceptors (Lipinski definition) is 0. The number of fused-ring (bicyclic) bond motifs is 1. The summed E-state index contributed by atoms with van der Waals surface area (Å²) in [4.78, 5) is 0. The van der Waals surface area contributed by atoms with Gasteiger partial charge in [-0.25, -0.2) is 0 Å². The van der Waals surface area contributed by atoms with E-state index in [-0.39, 0.29) is 0 Å². The number of rotatable bonds is 6. The second kappa shape index (κ2) is 6.39. The Balaban J connectivity index is 2.38. The van der Waals surface area contributed by atoms with E-state index in [4.69, 9.17) is 0 Å². The van der Waals surface area contributed by atoms with E-state index < -0.39 is 0 Å². The summed E-state index contributed by atoms with van der Waals surface area (Å²) in [5.74, 6) is 0. The van der Waals surface area contributed by atoms with Gasteiger partial charge in [0.1, 0.15) is 0 Å². The Kier molecular flexibility index (Phi) is 4.58. The molecule has 2 aromatic carbocycles. The van der Waals surface area contributed by atoms with Gasteiger partial charge in [-0.2, -0.15) is 0 Å². The quantitative estimate of drug-likeness (QED) is 0.473. The molecule has 0 heterocycles. The zero-order valence-corrected chi connectivity index (χ0v) is 11.3. The van der Waals surface area contributed by atoms with E-state index >= 15 is 0 Å². The van der Waals surface area contributed by atoms with Crippen LogP contribution in [0.3, 0.4) is 0 Å². The molecule has 0 radical (unpaired) electrons. The van der Waals surface area contributed by atoms with Crippen LogP contribution >= 0.6 is 0 Å². The molecule has 2 aromatic rings. The van der Waals surface area contributed by atoms with Crippen LogP contribution in [0.15, 0.2) is 49.1 Å². The van der Waals surface area contributed by atoms with Crippen LogP contribution in [0.4, 0.5) is 0 Å². The first-order valence-corrected chi connectivity index (χ1v) is 6.97. The van der Waals surface area contributed by atoms with Crippen molar-refractivity contribution in [2.75, 3.05) is 0 Å². The third kappa shape index (κ3) is 2.81. The summed E-state index contributed by atoms with van der Waals surface area (Å²) < 4.78 is 0. The first-order valence-electron chi connectivity index (χ1n) is 6.97. The van der Waals surface area contributed by atoms with Gasteiger partial charge in [-0.15, -0.1) is 6.58 Å². The average Bonchev–Trinajstić information content (AvgIpc) is 2.41. The molecule has 94 valence electrons. The van der Waals surface area contributed by atoms with Gasteiger partial charge in [0.15, 0.2) is 0 Å². The summed E-state index contributed by atoms with van der Waals surface area (Å²) in [6, 6.07) is 13.2. The highest BCUT2D eigenvalue weighted by atomic mass is 14.1. The Bertz CT molecular complexity index is 523. The minimum atomic E-state index is 0.975. The molecule has 0 amide bonds. The molecule has 0 aromatic heterocycles. The fourth-order valence-electron chi connectivity index (χ4n) is 2.57. The first kappa shape index (κ1) is 12.9. The normalized spacial score (nSPS) is 10.7. The Labute approximate surface area is 110 Å². The number of aryl methyl sites for hydroxylation is 1. The Morgan fingerprint density at radius 1 is 1.06 bits per heavy atom. The van der Waals surface area contributed by atoms with Crippen LogP contribution in [-0.2, 0) is 12.8 Å². The van der Waals surface area contributed by atoms with Crippen LogP contribution in [0, 0.1) is 0 Å². The van der Waals surface area contributed by atoms with Crippen LogP contribution in [-0.4, -0.2) is 0 Å². The molecular weight excluding hydrogens is 216 g/mol. The smallest absolute Gasteiger partial charge is 0.00912 e. The Morgan fingerprint density at radius 3 is 2.67 bits per heavy atom. The van der Waals surface area contributed by atoms with E-state index in [9.17, 15) is 0 Å². The Hall–Kier alpha value is -1.56. The summed E-state index contributed by atoms with van der Waals surface area (Å²) in [7, 11) is 0. The van der Waals surface area contributed by atoms with Gasteiger partial charge in [-0.3, -0.25) is 0 Å². The summed E-state index contributed by atoms with van der Waals surface area (Å²) in [5.41, 5.74) is 2.97. The van der Waals surface area contributed by atoms with Gasteiger partial charge in [-0.05, 0) is 41.2 Å². The second-order valence-electron chi connectivity index (χ2n) is 4.87. The van der Waals surface area contributed by atoms with Crippen molar-refractivity contribution in [2.45, 2.75) is 39.0 Å². The first-order chi connectivity index (χ1) is 8.86. The van der Waals surface area contributed by atoms with Gasteiger partial charge in [0.05, 0.1) is 0 Å². The topological polar surface area (TPSA) is 0 Å². The van der Waals surface area contributed by atoms with Crippen molar-refractivity contribution in [3.05, 3.63) is 60.2 Å². The van der Waals surface area contributed by atoms with Crippen molar-refractivity contribution in [2.24, 2.45) is 0 Å². The molecule has 0 fully saturated rings. The molecule has 2 rings (SSSR count). The summed E-state index contributed by atoms with van der Waals surface area (Å²) in [6.07, 6.45) is 8.08. The van der Waals surface area contributed by atoms with Gasteiger partial charge in [-0.1, -0.05) is 62.2 Å². The molecule has 0 nitrogen and oxygen atoms in total. The molecule has 0 unspecified atom stereocenters. The average molecular weight is 238 g/mol. The maximum atomic E-state index is 3.90. The molecule has 0 saturated heterocycles. The molecule has 0 bridgehead atoms. The number of allylic oxidation sites excluding steroid dienone is 1. The second-order valence-corrected chi connectivity index (χ2v) is 4.87. The predicted molar refractivity (Wildman–Crippen MR) is 81.1 cm³/mol. The highest BCUT2D eigenvalue weighted by Gasteiger charge is 2.05. The highest BCUT2D eigenvalue weighted by molar-refractivity contribution is 5.87. The molecule has 0 spiro atoms. The predicted octanol–water partition coefficient (Wildman–Crippen LogP) is 5.30. The molecule has 0 aliphatic rings. The molecule has 0 aliphatic heterocycles. The van der Waals surface area contributed by atoms with Crippen molar-refractivity contribution >= 4 is 10.8 Å². The van der Waals surface area contributed by atoms with Crippen LogP contribution in [0.1, 0.15) is 37.3 Å². The SMILES string of the molecule is C=CCc1c(CCCCC)ccc2ccccc12. The minimum absolute atomic E-state index is 0.975. The minimum Gasteiger partial charge on any atom is -0.103 e. The van der Waals surface area contributed by atoms with Gasteiger partial charge >= 0.3 is 0 Å². The maximum absolute atomic E-state index is 3.90. The lowest BCUT2D eigenvalue weighted by molar-refractivity contribution is 0.715. The summed E-state index contributed by atoms with van der Waals surface area (Å²) in [6.45, 7) is 6.16. The number of unbranched alkanes of at least 4 members (excludes halogenated alkanes) is 2. The third-order valence-corrected chi connectivity index (χ3v) is 3.54. The lowest BCUT2D eigenvalue weighted by Crippen LogP contribution is -1.95. The third-order valence-electron chi connectivity index (χ3n) is 3.54. The lowest BCUT2D eigenvalue weighted by Gasteiger charge is -2.11. The molecule has 18 heavy (non-hydrogen) atoms. The van der Waals surface area contributed by atoms with Gasteiger partial charge in [0, 0.05) is 0 Å². The lowest BCUT2D eigenvalue weighted by atomic mass is 9.93. The Morgan fingerprint density at radius 2 is 1.89 bits per heavy atom. The maximum Gasteiger partial charge on any atom is -0.00912 e. The summed E-state index contributed by atoms with van der Waals surface area (Å²) in [5, 5.41) is 2.74. The van der Waals surface area contributed by atoms with Crippen molar-refractivity contribution in [3.8, 4) is 0 Å². The van der Waals surface area contributed by atoms with Crippen molar-refractivity contribution in [1.82, 2.24) is 0 Å². The van der Waals surface area contributed by atoms with E-state index in [2.05, 4.69) is 49.9 Å². The molecule has 0 heteroatoms. The number of hydrogen-bond donors (Lipinski definition) is 0. The number of benzene rings is 2. The molecule has 0 atom stereocenters. The zero-order valence-electron chi connectivity index (χ0n) is 11.3. The van der Waals surface area contributed by atoms with Crippen LogP contribution in [0.25, 0.3) is 10.8 Å². The molecule has 0 aliphatic carbocycles. The standard InChI is InChI=1S/C18H22/c1-3-5-6-10-15-13-14-16-11-7-8-12-18(16)17(15)9-4-2/h4,7-8,11-14H,2-3,5-6,9-10H2,1H3. The zero-order chi connectivity index (χ0) is 12.8. The van der Waals surface area contributed by atoms with Crippen LogP contribution in [0.2, 0.25) is 0 Å². The van der Waals surface area contributed by atoms with E-state index in [1.807, 2.05) is 6.08 Å². The monoisotopic (exact) mass is 238 g/mol. The van der Waals surface area contributed by atoms with E-state index in [0.29, 0.717) is 0 Å². The van der Waals surface area contributed by atoms with Gasteiger partial charge in [0.25, 0.3) is 0 Å². The fourth-order valence-corrected chi connectivity index (χ4v) is 2.57. The van der Waals surface area contributed by atoms with E-state index in [1.54, 1.807) is 0 Å². The van der Waals surface area contributed by atoms with Crippen LogP contribution in [0.5, 0.6) is 0 Å². The molecule has 0 N–H and O–H groups in total. The highest BCUT2D eigenvalue weighted by Crippen LogP contribution is 2.24. The summed E-state index contributed by atoms with van der Waals surface area (Å²) >= 11 is 0. The fraction of sp³-hybridized carbons (Fsp3) is 0.333. The van der Waals surface area contributed by atoms with E-state index in [1.165, 1.54) is 47.6 Å².